The number of thiazole rings is 1. The minimum absolute atomic E-state index is 0.224. The second-order valence-corrected chi connectivity index (χ2v) is 11.0. The van der Waals surface area contributed by atoms with Crippen molar-refractivity contribution in [2.75, 3.05) is 33.0 Å². The van der Waals surface area contributed by atoms with Gasteiger partial charge in [0.25, 0.3) is 0 Å². The van der Waals surface area contributed by atoms with Gasteiger partial charge in [0, 0.05) is 39.6 Å². The number of unbranched alkanes of at least 4 members (excludes halogenated alkanes) is 14. The van der Waals surface area contributed by atoms with E-state index in [2.05, 4.69) is 30.5 Å². The quantitative estimate of drug-likeness (QED) is 0.0787. The molecule has 5 heteroatoms. The van der Waals surface area contributed by atoms with Crippen molar-refractivity contribution in [3.63, 3.8) is 0 Å². The lowest BCUT2D eigenvalue weighted by Gasteiger charge is -2.08. The largest absolute Gasteiger partial charge is 0.396 e. The molecule has 0 bridgehead atoms. The minimum Gasteiger partial charge on any atom is -0.396 e. The molecule has 0 aliphatic carbocycles. The molecule has 0 unspecified atom stereocenters. The molecule has 0 amide bonds. The van der Waals surface area contributed by atoms with E-state index in [9.17, 15) is 0 Å². The van der Waals surface area contributed by atoms with Gasteiger partial charge in [-0.15, -0.1) is 0 Å². The lowest BCUT2D eigenvalue weighted by molar-refractivity contribution is -0.698. The zero-order valence-electron chi connectivity index (χ0n) is 23.2. The van der Waals surface area contributed by atoms with Gasteiger partial charge in [0.1, 0.15) is 6.54 Å². The molecule has 35 heavy (non-hydrogen) atoms. The molecule has 1 N–H and O–H groups in total. The van der Waals surface area contributed by atoms with E-state index in [1.165, 1.54) is 94.0 Å². The second-order valence-electron chi connectivity index (χ2n) is 10.1. The molecule has 1 rings (SSSR count). The second kappa shape index (κ2) is 23.6. The van der Waals surface area contributed by atoms with Gasteiger partial charge in [-0.3, -0.25) is 0 Å². The van der Waals surface area contributed by atoms with Crippen LogP contribution in [-0.2, 0) is 22.4 Å². The third kappa shape index (κ3) is 18.2. The lowest BCUT2D eigenvalue weighted by atomic mass is 10.0. The molecule has 0 aromatic carbocycles. The number of aliphatic hydroxyl groups is 1. The van der Waals surface area contributed by atoms with E-state index in [-0.39, 0.29) is 6.61 Å². The van der Waals surface area contributed by atoms with Crippen LogP contribution in [-0.4, -0.2) is 38.1 Å². The number of nitrogens with zero attached hydrogens (tertiary/aromatic N) is 1. The number of aromatic nitrogens is 1. The maximum atomic E-state index is 9.11. The third-order valence-electron chi connectivity index (χ3n) is 6.69. The van der Waals surface area contributed by atoms with Crippen LogP contribution < -0.4 is 4.57 Å². The summed E-state index contributed by atoms with van der Waals surface area (Å²) >= 11 is 1.74. The van der Waals surface area contributed by atoms with Crippen LogP contribution in [0.15, 0.2) is 17.7 Å². The molecule has 0 aliphatic heterocycles. The monoisotopic (exact) mass is 510 g/mol. The Hall–Kier alpha value is -0.750. The van der Waals surface area contributed by atoms with Gasteiger partial charge in [-0.25, -0.2) is 0 Å². The summed E-state index contributed by atoms with van der Waals surface area (Å²) in [6.45, 7) is 12.6. The summed E-state index contributed by atoms with van der Waals surface area (Å²) in [4.78, 5) is 1.29. The highest BCUT2D eigenvalue weighted by molar-refractivity contribution is 7.09. The van der Waals surface area contributed by atoms with Gasteiger partial charge < -0.3 is 14.6 Å². The fourth-order valence-corrected chi connectivity index (χ4v) is 5.39. The van der Waals surface area contributed by atoms with Crippen molar-refractivity contribution < 1.29 is 19.1 Å². The molecular weight excluding hydrogens is 454 g/mol. The summed E-state index contributed by atoms with van der Waals surface area (Å²) in [6.07, 6.45) is 22.3. The highest BCUT2D eigenvalue weighted by Gasteiger charge is 2.13. The standard InChI is InChI=1S/C30H56NO3S/c1-4-5-6-7-8-9-10-11-12-13-14-15-16-18-23-33-25-28(2)26-34-24-19-17-21-31-27-35-30(20-22-32)29(31)3/h27,32H,2,4-26H2,1,3H3/q+1. The zero-order chi connectivity index (χ0) is 25.4. The average molecular weight is 511 g/mol. The normalized spacial score (nSPS) is 11.4. The molecule has 0 aliphatic rings. The molecule has 0 saturated carbocycles. The van der Waals surface area contributed by atoms with E-state index in [0.29, 0.717) is 13.2 Å². The van der Waals surface area contributed by atoms with Crippen LogP contribution in [0.2, 0.25) is 0 Å². The van der Waals surface area contributed by atoms with Crippen LogP contribution in [0.1, 0.15) is 120 Å². The van der Waals surface area contributed by atoms with Crippen molar-refractivity contribution in [3.8, 4) is 0 Å². The SMILES string of the molecule is C=C(COCCCCCCCCCCCCCCCC)COCCCC[n+]1csc(CCO)c1C. The summed E-state index contributed by atoms with van der Waals surface area (Å²) in [5.74, 6) is 0. The first-order valence-corrected chi connectivity index (χ1v) is 15.5. The maximum Gasteiger partial charge on any atom is 0.225 e. The van der Waals surface area contributed by atoms with E-state index in [0.717, 1.165) is 51.0 Å². The summed E-state index contributed by atoms with van der Waals surface area (Å²) in [7, 11) is 0. The van der Waals surface area contributed by atoms with Crippen molar-refractivity contribution in [3.05, 3.63) is 28.2 Å². The van der Waals surface area contributed by atoms with Crippen LogP contribution >= 0.6 is 11.3 Å². The average Bonchev–Trinajstić information content (AvgIpc) is 3.20. The molecule has 204 valence electrons. The van der Waals surface area contributed by atoms with Crippen LogP contribution in [0.3, 0.4) is 0 Å². The fraction of sp³-hybridized carbons (Fsp3) is 0.833. The van der Waals surface area contributed by atoms with Gasteiger partial charge in [0.2, 0.25) is 5.51 Å². The van der Waals surface area contributed by atoms with E-state index in [1.54, 1.807) is 11.3 Å². The van der Waals surface area contributed by atoms with Gasteiger partial charge in [-0.1, -0.05) is 108 Å². The van der Waals surface area contributed by atoms with Crippen LogP contribution in [0.25, 0.3) is 0 Å². The first-order chi connectivity index (χ1) is 17.2. The van der Waals surface area contributed by atoms with E-state index < -0.39 is 0 Å². The summed E-state index contributed by atoms with van der Waals surface area (Å²) in [5, 5.41) is 9.11. The lowest BCUT2D eigenvalue weighted by Crippen LogP contribution is -2.34. The molecule has 1 aromatic heterocycles. The smallest absolute Gasteiger partial charge is 0.225 e. The Kier molecular flexibility index (Phi) is 21.8. The van der Waals surface area contributed by atoms with Gasteiger partial charge in [0.15, 0.2) is 5.69 Å². The highest BCUT2D eigenvalue weighted by Crippen LogP contribution is 2.13. The van der Waals surface area contributed by atoms with E-state index in [4.69, 9.17) is 14.6 Å². The van der Waals surface area contributed by atoms with Crippen molar-refractivity contribution in [2.45, 2.75) is 130 Å². The predicted molar refractivity (Wildman–Crippen MR) is 150 cm³/mol. The number of aliphatic hydroxyl groups excluding tert-OH is 1. The molecule has 0 atom stereocenters. The molecule has 0 radical (unpaired) electrons. The third-order valence-corrected chi connectivity index (χ3v) is 7.83. The van der Waals surface area contributed by atoms with Crippen molar-refractivity contribution >= 4 is 11.3 Å². The first kappa shape index (κ1) is 32.3. The highest BCUT2D eigenvalue weighted by atomic mass is 32.1. The molecule has 0 fully saturated rings. The Morgan fingerprint density at radius 2 is 1.29 bits per heavy atom. The van der Waals surface area contributed by atoms with Gasteiger partial charge >= 0.3 is 0 Å². The van der Waals surface area contributed by atoms with Gasteiger partial charge in [-0.05, 0) is 18.4 Å². The van der Waals surface area contributed by atoms with Crippen LogP contribution in [0.5, 0.6) is 0 Å². The van der Waals surface area contributed by atoms with Gasteiger partial charge in [0.05, 0.1) is 18.1 Å². The Bertz CT molecular complexity index is 617. The number of aryl methyl sites for hydroxylation is 1. The Morgan fingerprint density at radius 1 is 0.800 bits per heavy atom. The molecular formula is C30H56NO3S+. The predicted octanol–water partition coefficient (Wildman–Crippen LogP) is 7.73. The summed E-state index contributed by atoms with van der Waals surface area (Å²) in [5.41, 5.74) is 4.49. The number of rotatable bonds is 26. The molecule has 1 heterocycles. The minimum atomic E-state index is 0.224. The Balaban J connectivity index is 1.80. The van der Waals surface area contributed by atoms with E-state index in [1.807, 2.05) is 0 Å². The first-order valence-electron chi connectivity index (χ1n) is 14.6. The summed E-state index contributed by atoms with van der Waals surface area (Å²) in [6, 6.07) is 0. The van der Waals surface area contributed by atoms with Crippen LogP contribution in [0, 0.1) is 6.92 Å². The fourth-order valence-electron chi connectivity index (χ4n) is 4.37. The van der Waals surface area contributed by atoms with Crippen molar-refractivity contribution in [2.24, 2.45) is 0 Å². The number of hydrogen-bond acceptors (Lipinski definition) is 4. The molecule has 4 nitrogen and oxygen atoms in total. The maximum absolute atomic E-state index is 9.11. The molecule has 0 spiro atoms. The molecule has 0 saturated heterocycles. The topological polar surface area (TPSA) is 42.6 Å². The van der Waals surface area contributed by atoms with Gasteiger partial charge in [-0.2, -0.15) is 4.57 Å². The molecule has 1 aromatic rings. The van der Waals surface area contributed by atoms with Crippen molar-refractivity contribution in [1.82, 2.24) is 0 Å². The Morgan fingerprint density at radius 3 is 1.80 bits per heavy atom. The van der Waals surface area contributed by atoms with E-state index >= 15 is 0 Å². The number of hydrogen-bond donors (Lipinski definition) is 1. The summed E-state index contributed by atoms with van der Waals surface area (Å²) < 4.78 is 13.8. The zero-order valence-corrected chi connectivity index (χ0v) is 24.0. The van der Waals surface area contributed by atoms with Crippen LogP contribution in [0.4, 0.5) is 0 Å². The number of ether oxygens (including phenoxy) is 2. The van der Waals surface area contributed by atoms with Crippen molar-refractivity contribution in [1.29, 1.82) is 0 Å². The Labute approximate surface area is 221 Å².